The molecule has 0 atom stereocenters. The number of benzene rings is 1. The van der Waals surface area contributed by atoms with Crippen LogP contribution in [0.5, 0.6) is 0 Å². The Morgan fingerprint density at radius 2 is 1.90 bits per heavy atom. The van der Waals surface area contributed by atoms with Gasteiger partial charge in [0.1, 0.15) is 5.84 Å². The van der Waals surface area contributed by atoms with Gasteiger partial charge in [-0.05, 0) is 30.7 Å². The Hall–Kier alpha value is -1.11. The third kappa shape index (κ3) is 6.46. The van der Waals surface area contributed by atoms with Gasteiger partial charge in [-0.1, -0.05) is 26.2 Å². The van der Waals surface area contributed by atoms with Crippen molar-refractivity contribution >= 4 is 33.1 Å². The molecule has 0 saturated heterocycles. The summed E-state index contributed by atoms with van der Waals surface area (Å²) >= 11 is 5.54. The van der Waals surface area contributed by atoms with Gasteiger partial charge in [0.2, 0.25) is 10.0 Å². The van der Waals surface area contributed by atoms with Gasteiger partial charge in [0.05, 0.1) is 16.5 Å². The van der Waals surface area contributed by atoms with E-state index >= 15 is 0 Å². The summed E-state index contributed by atoms with van der Waals surface area (Å²) in [7, 11) is -3.45. The maximum atomic E-state index is 12.1. The quantitative estimate of drug-likeness (QED) is 0.316. The highest BCUT2D eigenvalue weighted by atomic mass is 35.5. The third-order valence-corrected chi connectivity index (χ3v) is 4.63. The first kappa shape index (κ1) is 17.9. The van der Waals surface area contributed by atoms with Crippen molar-refractivity contribution in [3.05, 3.63) is 24.3 Å². The average Bonchev–Trinajstić information content (AvgIpc) is 2.47. The molecule has 0 heterocycles. The van der Waals surface area contributed by atoms with Crippen molar-refractivity contribution in [2.75, 3.05) is 12.4 Å². The average molecular weight is 332 g/mol. The van der Waals surface area contributed by atoms with E-state index in [0.717, 1.165) is 25.7 Å². The van der Waals surface area contributed by atoms with E-state index in [2.05, 4.69) is 16.6 Å². The lowest BCUT2D eigenvalue weighted by atomic mass is 10.2. The van der Waals surface area contributed by atoms with Crippen LogP contribution in [0.2, 0.25) is 0 Å². The number of sulfonamides is 1. The van der Waals surface area contributed by atoms with Crippen LogP contribution in [-0.2, 0) is 10.0 Å². The number of amidine groups is 1. The lowest BCUT2D eigenvalue weighted by Crippen LogP contribution is -2.24. The summed E-state index contributed by atoms with van der Waals surface area (Å²) in [6, 6.07) is 6.22. The van der Waals surface area contributed by atoms with Crippen LogP contribution in [-0.4, -0.2) is 26.7 Å². The minimum absolute atomic E-state index is 0.138. The molecule has 0 saturated carbocycles. The zero-order valence-electron chi connectivity index (χ0n) is 12.2. The molecule has 0 aliphatic rings. The molecule has 1 rings (SSSR count). The van der Waals surface area contributed by atoms with Gasteiger partial charge in [-0.3, -0.25) is 0 Å². The maximum absolute atomic E-state index is 12.1. The van der Waals surface area contributed by atoms with Crippen LogP contribution in [0.15, 0.2) is 34.2 Å². The van der Waals surface area contributed by atoms with Gasteiger partial charge in [-0.2, -0.15) is 0 Å². The van der Waals surface area contributed by atoms with Gasteiger partial charge in [-0.15, -0.1) is 11.6 Å². The Labute approximate surface area is 131 Å². The molecule has 0 aliphatic carbocycles. The highest BCUT2D eigenvalue weighted by Crippen LogP contribution is 2.16. The van der Waals surface area contributed by atoms with Crippen molar-refractivity contribution in [3.63, 3.8) is 0 Å². The Bertz CT molecular complexity index is 556. The standard InChI is InChI=1S/C14H22ClN3O2S/c1-2-3-4-5-10-17-21(19,20)13-8-6-12(7-9-13)18-14(16)11-15/h6-9,17H,2-5,10-11H2,1H3,(H2,16,18). The second kappa shape index (κ2) is 9.02. The first-order valence-electron chi connectivity index (χ1n) is 6.98. The van der Waals surface area contributed by atoms with Gasteiger partial charge >= 0.3 is 0 Å². The minimum atomic E-state index is -3.45. The first-order chi connectivity index (χ1) is 9.99. The second-order valence-electron chi connectivity index (χ2n) is 4.69. The van der Waals surface area contributed by atoms with Gasteiger partial charge in [0, 0.05) is 6.54 Å². The second-order valence-corrected chi connectivity index (χ2v) is 6.72. The predicted molar refractivity (Wildman–Crippen MR) is 87.8 cm³/mol. The van der Waals surface area contributed by atoms with Crippen LogP contribution < -0.4 is 10.5 Å². The number of hydrogen-bond acceptors (Lipinski definition) is 3. The third-order valence-electron chi connectivity index (χ3n) is 2.88. The number of halogens is 1. The molecule has 0 unspecified atom stereocenters. The Morgan fingerprint density at radius 1 is 1.24 bits per heavy atom. The van der Waals surface area contributed by atoms with Crippen LogP contribution in [0, 0.1) is 0 Å². The van der Waals surface area contributed by atoms with E-state index in [9.17, 15) is 8.42 Å². The topological polar surface area (TPSA) is 84.5 Å². The number of aliphatic imine (C=N–C) groups is 1. The highest BCUT2D eigenvalue weighted by molar-refractivity contribution is 7.89. The van der Waals surface area contributed by atoms with E-state index in [4.69, 9.17) is 17.3 Å². The lowest BCUT2D eigenvalue weighted by molar-refractivity contribution is 0.573. The van der Waals surface area contributed by atoms with Crippen LogP contribution >= 0.6 is 11.6 Å². The maximum Gasteiger partial charge on any atom is 0.240 e. The fourth-order valence-electron chi connectivity index (χ4n) is 1.74. The molecule has 1 aromatic carbocycles. The minimum Gasteiger partial charge on any atom is -0.386 e. The van der Waals surface area contributed by atoms with Crippen LogP contribution in [0.25, 0.3) is 0 Å². The molecule has 21 heavy (non-hydrogen) atoms. The molecule has 118 valence electrons. The predicted octanol–water partition coefficient (Wildman–Crippen LogP) is 2.77. The summed E-state index contributed by atoms with van der Waals surface area (Å²) in [5.74, 6) is 0.431. The van der Waals surface area contributed by atoms with E-state index in [1.165, 1.54) is 12.1 Å². The molecule has 3 N–H and O–H groups in total. The molecule has 0 amide bonds. The number of alkyl halides is 1. The van der Waals surface area contributed by atoms with E-state index in [1.54, 1.807) is 12.1 Å². The summed E-state index contributed by atoms with van der Waals surface area (Å²) in [5, 5.41) is 0. The molecule has 1 aromatic rings. The van der Waals surface area contributed by atoms with Gasteiger partial charge in [0.15, 0.2) is 0 Å². The zero-order valence-corrected chi connectivity index (χ0v) is 13.8. The first-order valence-corrected chi connectivity index (χ1v) is 9.00. The normalized spacial score (nSPS) is 12.6. The number of nitrogens with zero attached hydrogens (tertiary/aromatic N) is 1. The lowest BCUT2D eigenvalue weighted by Gasteiger charge is -2.07. The molecule has 0 radical (unpaired) electrons. The number of nitrogens with one attached hydrogen (secondary N) is 1. The Balaban J connectivity index is 2.63. The van der Waals surface area contributed by atoms with Crippen molar-refractivity contribution in [2.24, 2.45) is 10.7 Å². The smallest absolute Gasteiger partial charge is 0.240 e. The summed E-state index contributed by atoms with van der Waals surface area (Å²) in [4.78, 5) is 4.27. The van der Waals surface area contributed by atoms with E-state index in [1.807, 2.05) is 0 Å². The van der Waals surface area contributed by atoms with E-state index in [0.29, 0.717) is 18.1 Å². The number of nitrogens with two attached hydrogens (primary N) is 1. The van der Waals surface area contributed by atoms with E-state index < -0.39 is 10.0 Å². The summed E-state index contributed by atoms with van der Waals surface area (Å²) in [5.41, 5.74) is 6.10. The van der Waals surface area contributed by atoms with Crippen molar-refractivity contribution < 1.29 is 8.42 Å². The highest BCUT2D eigenvalue weighted by Gasteiger charge is 2.12. The monoisotopic (exact) mass is 331 g/mol. The van der Waals surface area contributed by atoms with Crippen molar-refractivity contribution in [1.82, 2.24) is 4.72 Å². The molecule has 0 spiro atoms. The van der Waals surface area contributed by atoms with Gasteiger partial charge < -0.3 is 5.73 Å². The van der Waals surface area contributed by atoms with Gasteiger partial charge in [-0.25, -0.2) is 18.1 Å². The molecule has 7 heteroatoms. The van der Waals surface area contributed by atoms with Crippen molar-refractivity contribution in [3.8, 4) is 0 Å². The number of rotatable bonds is 9. The molecular weight excluding hydrogens is 310 g/mol. The SMILES string of the molecule is CCCCCCNS(=O)(=O)c1ccc(N=C(N)CCl)cc1. The van der Waals surface area contributed by atoms with Crippen LogP contribution in [0.1, 0.15) is 32.6 Å². The van der Waals surface area contributed by atoms with Crippen LogP contribution in [0.4, 0.5) is 5.69 Å². The van der Waals surface area contributed by atoms with E-state index in [-0.39, 0.29) is 10.8 Å². The fraction of sp³-hybridized carbons (Fsp3) is 0.500. The zero-order chi connectivity index (χ0) is 15.7. The Morgan fingerprint density at radius 3 is 2.48 bits per heavy atom. The molecule has 0 aliphatic heterocycles. The number of hydrogen-bond donors (Lipinski definition) is 2. The largest absolute Gasteiger partial charge is 0.386 e. The van der Waals surface area contributed by atoms with Gasteiger partial charge in [0.25, 0.3) is 0 Å². The summed E-state index contributed by atoms with van der Waals surface area (Å²) in [6.45, 7) is 2.58. The van der Waals surface area contributed by atoms with Crippen LogP contribution in [0.3, 0.4) is 0 Å². The molecule has 0 aromatic heterocycles. The molecule has 0 fully saturated rings. The molecular formula is C14H22ClN3O2S. The molecule has 0 bridgehead atoms. The van der Waals surface area contributed by atoms with Crippen molar-refractivity contribution in [2.45, 2.75) is 37.5 Å². The number of unbranched alkanes of at least 4 members (excludes halogenated alkanes) is 3. The summed E-state index contributed by atoms with van der Waals surface area (Å²) in [6.07, 6.45) is 4.13. The van der Waals surface area contributed by atoms with Crippen molar-refractivity contribution in [1.29, 1.82) is 0 Å². The Kier molecular flexibility index (Phi) is 7.71. The summed E-state index contributed by atoms with van der Waals surface area (Å²) < 4.78 is 26.7. The molecule has 5 nitrogen and oxygen atoms in total. The fourth-order valence-corrected chi connectivity index (χ4v) is 2.87.